The zero-order chi connectivity index (χ0) is 18.4. The Labute approximate surface area is 143 Å². The average molecular weight is 350 g/mol. The zero-order valence-electron chi connectivity index (χ0n) is 13.6. The minimum absolute atomic E-state index is 0.0749. The van der Waals surface area contributed by atoms with Crippen molar-refractivity contribution in [2.75, 3.05) is 18.0 Å². The monoisotopic (exact) mass is 350 g/mol. The summed E-state index contributed by atoms with van der Waals surface area (Å²) >= 11 is 0. The second kappa shape index (κ2) is 8.32. The molecule has 25 heavy (non-hydrogen) atoms. The maximum absolute atomic E-state index is 13.3. The van der Waals surface area contributed by atoms with E-state index < -0.39 is 11.6 Å². The van der Waals surface area contributed by atoms with Gasteiger partial charge in [0.1, 0.15) is 5.82 Å². The third-order valence-electron chi connectivity index (χ3n) is 3.53. The molecule has 2 amide bonds. The largest absolute Gasteiger partial charge is 0.354 e. The van der Waals surface area contributed by atoms with Crippen molar-refractivity contribution >= 4 is 17.5 Å². The Bertz CT molecular complexity index is 763. The van der Waals surface area contributed by atoms with E-state index >= 15 is 0 Å². The summed E-state index contributed by atoms with van der Waals surface area (Å²) in [5, 5.41) is 2.63. The first-order chi connectivity index (χ1) is 11.9. The summed E-state index contributed by atoms with van der Waals surface area (Å²) in [6.45, 7) is 1.54. The van der Waals surface area contributed by atoms with E-state index in [1.807, 2.05) is 0 Å². The van der Waals surface area contributed by atoms with Crippen LogP contribution in [0.1, 0.15) is 12.5 Å². The molecule has 0 saturated carbocycles. The third-order valence-corrected chi connectivity index (χ3v) is 3.53. The van der Waals surface area contributed by atoms with Crippen LogP contribution in [0, 0.1) is 17.5 Å². The highest BCUT2D eigenvalue weighted by Gasteiger charge is 2.14. The molecule has 1 N–H and O–H groups in total. The van der Waals surface area contributed by atoms with Crippen LogP contribution in [0.5, 0.6) is 0 Å². The van der Waals surface area contributed by atoms with Gasteiger partial charge in [0.2, 0.25) is 11.8 Å². The summed E-state index contributed by atoms with van der Waals surface area (Å²) < 4.78 is 39.1. The predicted octanol–water partition coefficient (Wildman–Crippen LogP) is 2.82. The van der Waals surface area contributed by atoms with Crippen molar-refractivity contribution in [1.29, 1.82) is 0 Å². The van der Waals surface area contributed by atoms with Crippen LogP contribution in [0.3, 0.4) is 0 Å². The smallest absolute Gasteiger partial charge is 0.224 e. The van der Waals surface area contributed by atoms with Gasteiger partial charge in [0.25, 0.3) is 0 Å². The van der Waals surface area contributed by atoms with Crippen LogP contribution in [0.25, 0.3) is 0 Å². The number of rotatable bonds is 6. The van der Waals surface area contributed by atoms with Crippen molar-refractivity contribution in [3.05, 3.63) is 65.5 Å². The van der Waals surface area contributed by atoms with Crippen molar-refractivity contribution in [3.8, 4) is 0 Å². The minimum Gasteiger partial charge on any atom is -0.354 e. The molecule has 0 spiro atoms. The van der Waals surface area contributed by atoms with Gasteiger partial charge in [-0.05, 0) is 29.8 Å². The average Bonchev–Trinajstić information content (AvgIpc) is 2.56. The first-order valence-corrected chi connectivity index (χ1v) is 7.61. The number of halogens is 3. The van der Waals surface area contributed by atoms with Gasteiger partial charge < -0.3 is 10.2 Å². The molecular weight excluding hydrogens is 333 g/mol. The summed E-state index contributed by atoms with van der Waals surface area (Å²) in [6.07, 6.45) is 0.0749. The Morgan fingerprint density at radius 2 is 1.68 bits per heavy atom. The maximum Gasteiger partial charge on any atom is 0.224 e. The normalized spacial score (nSPS) is 10.4. The molecule has 0 heterocycles. The second-order valence-corrected chi connectivity index (χ2v) is 5.42. The first kappa shape index (κ1) is 18.5. The van der Waals surface area contributed by atoms with Gasteiger partial charge in [-0.25, -0.2) is 13.2 Å². The van der Waals surface area contributed by atoms with Gasteiger partial charge in [0.05, 0.1) is 6.42 Å². The van der Waals surface area contributed by atoms with E-state index in [-0.39, 0.29) is 42.8 Å². The van der Waals surface area contributed by atoms with Crippen molar-refractivity contribution in [3.63, 3.8) is 0 Å². The Kier molecular flexibility index (Phi) is 6.16. The van der Waals surface area contributed by atoms with Crippen LogP contribution in [0.2, 0.25) is 0 Å². The highest BCUT2D eigenvalue weighted by molar-refractivity contribution is 5.91. The van der Waals surface area contributed by atoms with Gasteiger partial charge >= 0.3 is 0 Å². The fourth-order valence-electron chi connectivity index (χ4n) is 2.28. The fourth-order valence-corrected chi connectivity index (χ4v) is 2.28. The topological polar surface area (TPSA) is 49.4 Å². The van der Waals surface area contributed by atoms with Crippen LogP contribution in [-0.4, -0.2) is 24.9 Å². The number of hydrogen-bond donors (Lipinski definition) is 1. The molecule has 2 aromatic rings. The molecule has 0 fully saturated rings. The molecule has 0 aliphatic heterocycles. The van der Waals surface area contributed by atoms with E-state index in [1.54, 1.807) is 0 Å². The van der Waals surface area contributed by atoms with Crippen molar-refractivity contribution in [2.24, 2.45) is 0 Å². The second-order valence-electron chi connectivity index (χ2n) is 5.42. The molecule has 2 rings (SSSR count). The number of nitrogens with one attached hydrogen (secondary N) is 1. The number of nitrogens with zero attached hydrogens (tertiary/aromatic N) is 1. The van der Waals surface area contributed by atoms with Crippen LogP contribution in [-0.2, 0) is 16.0 Å². The minimum atomic E-state index is -1.05. The summed E-state index contributed by atoms with van der Waals surface area (Å²) in [6, 6.07) is 8.72. The highest BCUT2D eigenvalue weighted by atomic mass is 19.2. The molecule has 4 nitrogen and oxygen atoms in total. The van der Waals surface area contributed by atoms with Gasteiger partial charge in [0.15, 0.2) is 11.6 Å². The number of carbonyl (C=O) groups excluding carboxylic acids is 2. The molecule has 2 aromatic carbocycles. The SMILES string of the molecule is CC(=O)N(CCNC(=O)Cc1ccc(F)cc1)c1ccc(F)c(F)c1. The van der Waals surface area contributed by atoms with E-state index in [2.05, 4.69) is 5.32 Å². The molecule has 0 aliphatic rings. The van der Waals surface area contributed by atoms with E-state index in [4.69, 9.17) is 0 Å². The van der Waals surface area contributed by atoms with E-state index in [0.717, 1.165) is 12.1 Å². The van der Waals surface area contributed by atoms with Gasteiger partial charge in [-0.2, -0.15) is 0 Å². The lowest BCUT2D eigenvalue weighted by Crippen LogP contribution is -2.38. The van der Waals surface area contributed by atoms with Crippen LogP contribution >= 0.6 is 0 Å². The van der Waals surface area contributed by atoms with E-state index in [0.29, 0.717) is 5.56 Å². The van der Waals surface area contributed by atoms with Crippen LogP contribution in [0.15, 0.2) is 42.5 Å². The zero-order valence-corrected chi connectivity index (χ0v) is 13.6. The summed E-state index contributed by atoms with van der Waals surface area (Å²) in [4.78, 5) is 24.8. The third kappa shape index (κ3) is 5.34. The standard InChI is InChI=1S/C18H17F3N2O2/c1-12(24)23(15-6-7-16(20)17(21)11-15)9-8-22-18(25)10-13-2-4-14(19)5-3-13/h2-7,11H,8-10H2,1H3,(H,22,25). The number of amides is 2. The molecule has 132 valence electrons. The number of benzene rings is 2. The number of carbonyl (C=O) groups is 2. The molecule has 7 heteroatoms. The molecule has 0 aliphatic carbocycles. The Balaban J connectivity index is 1.90. The van der Waals surface area contributed by atoms with Gasteiger partial charge in [-0.15, -0.1) is 0 Å². The molecule has 0 unspecified atom stereocenters. The molecule has 0 saturated heterocycles. The van der Waals surface area contributed by atoms with Gasteiger partial charge in [0, 0.05) is 31.8 Å². The number of hydrogen-bond acceptors (Lipinski definition) is 2. The quantitative estimate of drug-likeness (QED) is 0.871. The van der Waals surface area contributed by atoms with Crippen molar-refractivity contribution in [1.82, 2.24) is 5.32 Å². The van der Waals surface area contributed by atoms with Gasteiger partial charge in [-0.3, -0.25) is 9.59 Å². The number of anilines is 1. The molecular formula is C18H17F3N2O2. The molecule has 0 radical (unpaired) electrons. The summed E-state index contributed by atoms with van der Waals surface area (Å²) in [7, 11) is 0. The Morgan fingerprint density at radius 3 is 2.28 bits per heavy atom. The Morgan fingerprint density at radius 1 is 1.00 bits per heavy atom. The highest BCUT2D eigenvalue weighted by Crippen LogP contribution is 2.17. The van der Waals surface area contributed by atoms with Crippen molar-refractivity contribution < 1.29 is 22.8 Å². The lowest BCUT2D eigenvalue weighted by Gasteiger charge is -2.21. The molecule has 0 aromatic heterocycles. The maximum atomic E-state index is 13.3. The van der Waals surface area contributed by atoms with Crippen LogP contribution in [0.4, 0.5) is 18.9 Å². The fraction of sp³-hybridized carbons (Fsp3) is 0.222. The van der Waals surface area contributed by atoms with E-state index in [1.165, 1.54) is 42.2 Å². The Hall–Kier alpha value is -2.83. The first-order valence-electron chi connectivity index (χ1n) is 7.61. The van der Waals surface area contributed by atoms with Crippen molar-refractivity contribution in [2.45, 2.75) is 13.3 Å². The van der Waals surface area contributed by atoms with E-state index in [9.17, 15) is 22.8 Å². The summed E-state index contributed by atoms with van der Waals surface area (Å²) in [5.41, 5.74) is 0.863. The summed E-state index contributed by atoms with van der Waals surface area (Å²) in [5.74, 6) is -3.09. The lowest BCUT2D eigenvalue weighted by molar-refractivity contribution is -0.121. The lowest BCUT2D eigenvalue weighted by atomic mass is 10.1. The molecule has 0 bridgehead atoms. The predicted molar refractivity (Wildman–Crippen MR) is 87.5 cm³/mol. The van der Waals surface area contributed by atoms with Crippen LogP contribution < -0.4 is 10.2 Å². The van der Waals surface area contributed by atoms with Gasteiger partial charge in [-0.1, -0.05) is 12.1 Å². The molecule has 0 atom stereocenters.